The summed E-state index contributed by atoms with van der Waals surface area (Å²) in [4.78, 5) is 11.5. The first-order chi connectivity index (χ1) is 14.4. The molecule has 0 spiro atoms. The molecule has 0 bridgehead atoms. The average Bonchev–Trinajstić information content (AvgIpc) is 3.20. The van der Waals surface area contributed by atoms with Crippen molar-refractivity contribution in [3.05, 3.63) is 53.8 Å². The van der Waals surface area contributed by atoms with E-state index in [2.05, 4.69) is 56.0 Å². The van der Waals surface area contributed by atoms with Gasteiger partial charge in [0.1, 0.15) is 14.2 Å². The third-order valence-corrected chi connectivity index (χ3v) is 7.30. The smallest absolute Gasteiger partial charge is 0.303 e. The Hall–Kier alpha value is -1.81. The number of ether oxygens (including phenoxy) is 1. The summed E-state index contributed by atoms with van der Waals surface area (Å²) in [5.41, 5.74) is 2.47. The highest BCUT2D eigenvalue weighted by Crippen LogP contribution is 2.25. The Kier molecular flexibility index (Phi) is 10.4. The Morgan fingerprint density at radius 2 is 1.53 bits per heavy atom. The predicted octanol–water partition coefficient (Wildman–Crippen LogP) is 7.18. The van der Waals surface area contributed by atoms with Gasteiger partial charge in [-0.05, 0) is 37.3 Å². The number of hydrogen-bond acceptors (Lipinski definition) is 3. The molecule has 4 heteroatoms. The van der Waals surface area contributed by atoms with Crippen molar-refractivity contribution < 1.29 is 13.9 Å². The number of carbonyl (C=O) groups excluding carboxylic acids is 1. The van der Waals surface area contributed by atoms with Crippen molar-refractivity contribution in [3.8, 4) is 0 Å². The Balaban J connectivity index is 1.59. The monoisotopic (exact) mass is 428 g/mol. The number of unbranched alkanes of at least 4 members (excludes halogenated alkanes) is 7. The number of hydrogen-bond donors (Lipinski definition) is 0. The molecule has 0 N–H and O–H groups in total. The average molecular weight is 429 g/mol. The van der Waals surface area contributed by atoms with Crippen molar-refractivity contribution in [2.75, 3.05) is 0 Å². The van der Waals surface area contributed by atoms with Crippen LogP contribution in [0.4, 0.5) is 0 Å². The van der Waals surface area contributed by atoms with E-state index in [0.717, 1.165) is 23.8 Å². The minimum absolute atomic E-state index is 0.172. The van der Waals surface area contributed by atoms with Crippen LogP contribution in [0.25, 0.3) is 0 Å². The van der Waals surface area contributed by atoms with Gasteiger partial charge in [-0.15, -0.1) is 0 Å². The van der Waals surface area contributed by atoms with E-state index in [9.17, 15) is 4.79 Å². The van der Waals surface area contributed by atoms with Crippen molar-refractivity contribution in [1.82, 2.24) is 0 Å². The van der Waals surface area contributed by atoms with Gasteiger partial charge in [0.2, 0.25) is 0 Å². The lowest BCUT2D eigenvalue weighted by Gasteiger charge is -2.15. The fourth-order valence-corrected chi connectivity index (χ4v) is 4.78. The van der Waals surface area contributed by atoms with Crippen LogP contribution in [-0.2, 0) is 16.0 Å². The molecule has 0 amide bonds. The van der Waals surface area contributed by atoms with E-state index in [4.69, 9.17) is 9.15 Å². The molecule has 2 rings (SSSR count). The minimum Gasteiger partial charge on any atom is -0.474 e. The maximum absolute atomic E-state index is 11.5. The van der Waals surface area contributed by atoms with Crippen molar-refractivity contribution in [2.45, 2.75) is 96.9 Å². The summed E-state index contributed by atoms with van der Waals surface area (Å²) in [5, 5.41) is 1.07. The van der Waals surface area contributed by atoms with Crippen molar-refractivity contribution >= 4 is 19.4 Å². The summed E-state index contributed by atoms with van der Waals surface area (Å²) < 4.78 is 11.4. The van der Waals surface area contributed by atoms with E-state index in [-0.39, 0.29) is 12.1 Å². The SMILES string of the molecule is CC(=O)OC(CCCCCCCCCCc1ccccc1)c1coc([Si](C)(C)C)c1. The van der Waals surface area contributed by atoms with Gasteiger partial charge in [0.15, 0.2) is 0 Å². The zero-order chi connectivity index (χ0) is 21.8. The Morgan fingerprint density at radius 3 is 2.10 bits per heavy atom. The first kappa shape index (κ1) is 24.5. The van der Waals surface area contributed by atoms with Crippen LogP contribution >= 0.6 is 0 Å². The molecule has 2 aromatic rings. The highest BCUT2D eigenvalue weighted by atomic mass is 28.3. The molecule has 3 nitrogen and oxygen atoms in total. The van der Waals surface area contributed by atoms with Crippen LogP contribution in [0.3, 0.4) is 0 Å². The summed E-state index contributed by atoms with van der Waals surface area (Å²) in [7, 11) is -1.49. The zero-order valence-electron chi connectivity index (χ0n) is 19.4. The van der Waals surface area contributed by atoms with Gasteiger partial charge in [0.05, 0.1) is 11.6 Å². The molecule has 166 valence electrons. The highest BCUT2D eigenvalue weighted by Gasteiger charge is 2.24. The number of aryl methyl sites for hydroxylation is 1. The van der Waals surface area contributed by atoms with E-state index < -0.39 is 8.07 Å². The fraction of sp³-hybridized carbons (Fsp3) is 0.577. The third kappa shape index (κ3) is 9.33. The molecule has 0 saturated carbocycles. The van der Waals surface area contributed by atoms with Crippen LogP contribution < -0.4 is 5.38 Å². The lowest BCUT2D eigenvalue weighted by atomic mass is 10.0. The second kappa shape index (κ2) is 12.8. The van der Waals surface area contributed by atoms with Crippen molar-refractivity contribution in [2.24, 2.45) is 0 Å². The van der Waals surface area contributed by atoms with Crippen LogP contribution in [0.1, 0.15) is 81.9 Å². The summed E-state index contributed by atoms with van der Waals surface area (Å²) >= 11 is 0. The number of carbonyl (C=O) groups is 1. The van der Waals surface area contributed by atoms with Crippen molar-refractivity contribution in [3.63, 3.8) is 0 Å². The van der Waals surface area contributed by atoms with Gasteiger partial charge in [-0.2, -0.15) is 0 Å². The summed E-state index contributed by atoms with van der Waals surface area (Å²) in [6.45, 7) is 8.28. The first-order valence-electron chi connectivity index (χ1n) is 11.7. The number of furan rings is 1. The molecule has 0 aliphatic rings. The maximum Gasteiger partial charge on any atom is 0.303 e. The van der Waals surface area contributed by atoms with E-state index in [1.54, 1.807) is 6.26 Å². The molecule has 0 fully saturated rings. The van der Waals surface area contributed by atoms with E-state index in [0.29, 0.717) is 0 Å². The maximum atomic E-state index is 11.5. The van der Waals surface area contributed by atoms with Crippen LogP contribution in [0.15, 0.2) is 47.1 Å². The van der Waals surface area contributed by atoms with Gasteiger partial charge in [0, 0.05) is 12.5 Å². The molecule has 1 atom stereocenters. The third-order valence-electron chi connectivity index (χ3n) is 5.56. The van der Waals surface area contributed by atoms with E-state index in [1.165, 1.54) is 63.9 Å². The predicted molar refractivity (Wildman–Crippen MR) is 128 cm³/mol. The molecule has 0 radical (unpaired) electrons. The van der Waals surface area contributed by atoms with E-state index >= 15 is 0 Å². The Labute approximate surface area is 184 Å². The zero-order valence-corrected chi connectivity index (χ0v) is 20.4. The molecule has 0 saturated heterocycles. The molecule has 30 heavy (non-hydrogen) atoms. The molecule has 1 aromatic heterocycles. The Bertz CT molecular complexity index is 730. The van der Waals surface area contributed by atoms with Gasteiger partial charge < -0.3 is 9.15 Å². The Morgan fingerprint density at radius 1 is 0.933 bits per heavy atom. The normalized spacial score (nSPS) is 12.7. The lowest BCUT2D eigenvalue weighted by Crippen LogP contribution is -2.36. The van der Waals surface area contributed by atoms with Gasteiger partial charge in [-0.25, -0.2) is 0 Å². The van der Waals surface area contributed by atoms with Gasteiger partial charge in [-0.1, -0.05) is 88.5 Å². The molecule has 1 aromatic carbocycles. The summed E-state index contributed by atoms with van der Waals surface area (Å²) in [6.07, 6.45) is 13.8. The molecule has 0 aliphatic heterocycles. The summed E-state index contributed by atoms with van der Waals surface area (Å²) in [6, 6.07) is 12.9. The number of rotatable bonds is 14. The first-order valence-corrected chi connectivity index (χ1v) is 15.2. The number of esters is 1. The van der Waals surface area contributed by atoms with Gasteiger partial charge >= 0.3 is 5.97 Å². The van der Waals surface area contributed by atoms with E-state index in [1.807, 2.05) is 0 Å². The fourth-order valence-electron chi connectivity index (χ4n) is 3.77. The quantitative estimate of drug-likeness (QED) is 0.182. The van der Waals surface area contributed by atoms with Crippen LogP contribution in [0.5, 0.6) is 0 Å². The van der Waals surface area contributed by atoms with Crippen LogP contribution in [0, 0.1) is 0 Å². The van der Waals surface area contributed by atoms with Gasteiger partial charge in [-0.3, -0.25) is 4.79 Å². The molecular formula is C26H40O3Si. The van der Waals surface area contributed by atoms with Gasteiger partial charge in [0.25, 0.3) is 0 Å². The lowest BCUT2D eigenvalue weighted by molar-refractivity contribution is -0.147. The second-order valence-electron chi connectivity index (χ2n) is 9.45. The molecule has 1 heterocycles. The molecule has 0 aliphatic carbocycles. The highest BCUT2D eigenvalue weighted by molar-refractivity contribution is 6.87. The second-order valence-corrected chi connectivity index (χ2v) is 14.4. The number of benzene rings is 1. The molecule has 1 unspecified atom stereocenters. The summed E-state index contributed by atoms with van der Waals surface area (Å²) in [5.74, 6) is -0.216. The topological polar surface area (TPSA) is 39.4 Å². The van der Waals surface area contributed by atoms with Crippen LogP contribution in [-0.4, -0.2) is 14.0 Å². The molecular weight excluding hydrogens is 388 g/mol. The standard InChI is InChI=1S/C26H40O3Si/c1-22(27)29-25(24-20-26(28-21-24)30(2,3)4)19-15-10-8-6-5-7-9-12-16-23-17-13-11-14-18-23/h11,13-14,17-18,20-21,25H,5-10,12,15-16,19H2,1-4H3. The largest absolute Gasteiger partial charge is 0.474 e. The minimum atomic E-state index is -1.49. The van der Waals surface area contributed by atoms with Crippen molar-refractivity contribution in [1.29, 1.82) is 0 Å². The van der Waals surface area contributed by atoms with Crippen LogP contribution in [0.2, 0.25) is 19.6 Å².